The predicted octanol–water partition coefficient (Wildman–Crippen LogP) is 5.96. The highest BCUT2D eigenvalue weighted by Crippen LogP contribution is 2.41. The van der Waals surface area contributed by atoms with Gasteiger partial charge in [0.15, 0.2) is 5.76 Å². The number of hydrogen-bond acceptors (Lipinski definition) is 6. The molecule has 0 spiro atoms. The van der Waals surface area contributed by atoms with Gasteiger partial charge in [-0.25, -0.2) is 14.4 Å². The Morgan fingerprint density at radius 3 is 2.47 bits per heavy atom. The quantitative estimate of drug-likeness (QED) is 0.379. The van der Waals surface area contributed by atoms with Gasteiger partial charge in [-0.3, -0.25) is 4.79 Å². The van der Waals surface area contributed by atoms with Crippen molar-refractivity contribution in [1.82, 2.24) is 9.97 Å². The number of thiophene rings is 1. The van der Waals surface area contributed by atoms with Gasteiger partial charge in [-0.05, 0) is 69.2 Å². The molecule has 3 aromatic heterocycles. The molecule has 4 aromatic rings. The van der Waals surface area contributed by atoms with Crippen molar-refractivity contribution in [3.63, 3.8) is 0 Å². The molecule has 0 bridgehead atoms. The first-order chi connectivity index (χ1) is 15.3. The number of amides is 1. The molecule has 1 amide bonds. The summed E-state index contributed by atoms with van der Waals surface area (Å²) >= 11 is 1.46. The van der Waals surface area contributed by atoms with Gasteiger partial charge in [0.25, 0.3) is 5.91 Å². The lowest BCUT2D eigenvalue weighted by Gasteiger charge is -2.22. The van der Waals surface area contributed by atoms with E-state index in [1.165, 1.54) is 29.7 Å². The molecule has 0 unspecified atom stereocenters. The molecule has 0 aliphatic carbocycles. The molecule has 32 heavy (non-hydrogen) atoms. The number of anilines is 2. The van der Waals surface area contributed by atoms with Crippen molar-refractivity contribution < 1.29 is 13.6 Å². The fourth-order valence-electron chi connectivity index (χ4n) is 3.59. The Morgan fingerprint density at radius 1 is 1.06 bits per heavy atom. The monoisotopic (exact) mass is 450 g/mol. The Bertz CT molecular complexity index is 1250. The number of benzene rings is 1. The Kier molecular flexibility index (Phi) is 6.05. The number of nitrogens with one attached hydrogen (secondary N) is 2. The summed E-state index contributed by atoms with van der Waals surface area (Å²) in [4.78, 5) is 22.7. The Balaban J connectivity index is 1.81. The second-order valence-corrected chi connectivity index (χ2v) is 8.79. The number of carbonyl (C=O) groups excluding carboxylic acids is 1. The van der Waals surface area contributed by atoms with E-state index in [2.05, 4.69) is 20.6 Å². The lowest BCUT2D eigenvalue weighted by molar-refractivity contribution is 0.0997. The molecule has 6 nitrogen and oxygen atoms in total. The largest absolute Gasteiger partial charge is 0.459 e. The van der Waals surface area contributed by atoms with Crippen LogP contribution in [0.15, 0.2) is 53.1 Å². The average molecular weight is 451 g/mol. The van der Waals surface area contributed by atoms with Crippen molar-refractivity contribution in [2.45, 2.75) is 33.7 Å². The van der Waals surface area contributed by atoms with E-state index in [1.54, 1.807) is 18.2 Å². The van der Waals surface area contributed by atoms with Crippen molar-refractivity contribution in [2.75, 3.05) is 10.6 Å². The molecule has 0 saturated carbocycles. The first-order valence-corrected chi connectivity index (χ1v) is 10.9. The van der Waals surface area contributed by atoms with E-state index in [4.69, 9.17) is 4.42 Å². The van der Waals surface area contributed by atoms with E-state index < -0.39 is 6.04 Å². The highest BCUT2D eigenvalue weighted by atomic mass is 32.1. The van der Waals surface area contributed by atoms with Gasteiger partial charge in [0.2, 0.25) is 5.95 Å². The SMILES string of the molecule is Cc1cc(C)nc(N[C@@H](c2cccc(F)c2)c2c(NC(=O)c3ccco3)sc(C)c2C)n1. The fraction of sp³-hybridized carbons (Fsp3) is 0.208. The summed E-state index contributed by atoms with van der Waals surface area (Å²) in [5, 5.41) is 6.99. The molecule has 0 aliphatic rings. The van der Waals surface area contributed by atoms with Gasteiger partial charge in [-0.2, -0.15) is 0 Å². The van der Waals surface area contributed by atoms with Crippen LogP contribution >= 0.6 is 11.3 Å². The molecular weight excluding hydrogens is 427 g/mol. The minimum absolute atomic E-state index is 0.215. The van der Waals surface area contributed by atoms with Gasteiger partial charge in [-0.1, -0.05) is 12.1 Å². The molecule has 8 heteroatoms. The molecule has 2 N–H and O–H groups in total. The van der Waals surface area contributed by atoms with E-state index >= 15 is 0 Å². The smallest absolute Gasteiger partial charge is 0.291 e. The van der Waals surface area contributed by atoms with E-state index in [-0.39, 0.29) is 17.5 Å². The average Bonchev–Trinajstić information content (AvgIpc) is 3.35. The molecule has 0 aliphatic heterocycles. The number of rotatable bonds is 6. The Morgan fingerprint density at radius 2 is 1.81 bits per heavy atom. The zero-order chi connectivity index (χ0) is 22.8. The van der Waals surface area contributed by atoms with Gasteiger partial charge in [0.1, 0.15) is 10.8 Å². The van der Waals surface area contributed by atoms with Crippen LogP contribution in [0.2, 0.25) is 0 Å². The highest BCUT2D eigenvalue weighted by Gasteiger charge is 2.26. The second-order valence-electron chi connectivity index (χ2n) is 7.56. The summed E-state index contributed by atoms with van der Waals surface area (Å²) in [6, 6.07) is 11.1. The van der Waals surface area contributed by atoms with Crippen molar-refractivity contribution in [3.05, 3.63) is 93.3 Å². The zero-order valence-corrected chi connectivity index (χ0v) is 19.0. The molecule has 4 rings (SSSR count). The van der Waals surface area contributed by atoms with Crippen LogP contribution < -0.4 is 10.6 Å². The lowest BCUT2D eigenvalue weighted by Crippen LogP contribution is -2.19. The predicted molar refractivity (Wildman–Crippen MR) is 124 cm³/mol. The number of aryl methyl sites for hydroxylation is 3. The number of nitrogens with zero attached hydrogens (tertiary/aromatic N) is 2. The molecule has 164 valence electrons. The van der Waals surface area contributed by atoms with Crippen LogP contribution in [0.4, 0.5) is 15.3 Å². The van der Waals surface area contributed by atoms with Crippen molar-refractivity contribution in [2.24, 2.45) is 0 Å². The minimum Gasteiger partial charge on any atom is -0.459 e. The number of aromatic nitrogens is 2. The number of hydrogen-bond donors (Lipinski definition) is 2. The maximum absolute atomic E-state index is 14.2. The Hall–Kier alpha value is -3.52. The first-order valence-electron chi connectivity index (χ1n) is 10.1. The molecule has 1 aromatic carbocycles. The summed E-state index contributed by atoms with van der Waals surface area (Å²) in [5.41, 5.74) is 4.17. The summed E-state index contributed by atoms with van der Waals surface area (Å²) < 4.78 is 19.4. The van der Waals surface area contributed by atoms with Crippen molar-refractivity contribution in [1.29, 1.82) is 0 Å². The van der Waals surface area contributed by atoms with Crippen LogP contribution in [0.3, 0.4) is 0 Å². The summed E-state index contributed by atoms with van der Waals surface area (Å²) in [7, 11) is 0. The Labute approximate surface area is 189 Å². The van der Waals surface area contributed by atoms with Gasteiger partial charge < -0.3 is 15.1 Å². The lowest BCUT2D eigenvalue weighted by atomic mass is 9.96. The fourth-order valence-corrected chi connectivity index (χ4v) is 4.68. The maximum Gasteiger partial charge on any atom is 0.291 e. The third-order valence-corrected chi connectivity index (χ3v) is 6.27. The first kappa shape index (κ1) is 21.7. The van der Waals surface area contributed by atoms with Crippen LogP contribution in [0.5, 0.6) is 0 Å². The summed E-state index contributed by atoms with van der Waals surface area (Å²) in [6.45, 7) is 7.76. The van der Waals surface area contributed by atoms with Gasteiger partial charge in [0.05, 0.1) is 12.3 Å². The maximum atomic E-state index is 14.2. The molecule has 0 saturated heterocycles. The number of furan rings is 1. The third kappa shape index (κ3) is 4.55. The molecule has 3 heterocycles. The standard InChI is InChI=1S/C24H23FN4O2S/c1-13-11-14(2)27-24(26-13)28-21(17-7-5-8-18(25)12-17)20-15(3)16(4)32-23(20)29-22(30)19-9-6-10-31-19/h5-12,21H,1-4H3,(H,29,30)(H,26,27,28)/t21-/m0/s1. The van der Waals surface area contributed by atoms with Crippen LogP contribution in [0.1, 0.15) is 49.6 Å². The molecule has 0 fully saturated rings. The minimum atomic E-state index is -0.483. The summed E-state index contributed by atoms with van der Waals surface area (Å²) in [5.74, 6) is -0.0459. The summed E-state index contributed by atoms with van der Waals surface area (Å²) in [6.07, 6.45) is 1.45. The van der Waals surface area contributed by atoms with Gasteiger partial charge in [0, 0.05) is 21.8 Å². The van der Waals surface area contributed by atoms with Gasteiger partial charge in [-0.15, -0.1) is 11.3 Å². The normalized spacial score (nSPS) is 11.9. The third-order valence-electron chi connectivity index (χ3n) is 5.13. The van der Waals surface area contributed by atoms with Crippen LogP contribution in [0.25, 0.3) is 0 Å². The van der Waals surface area contributed by atoms with Crippen molar-refractivity contribution in [3.8, 4) is 0 Å². The van der Waals surface area contributed by atoms with Crippen molar-refractivity contribution >= 4 is 28.2 Å². The molecule has 0 radical (unpaired) electrons. The number of carbonyl (C=O) groups is 1. The topological polar surface area (TPSA) is 80.0 Å². The molecular formula is C24H23FN4O2S. The van der Waals surface area contributed by atoms with Crippen LogP contribution in [0, 0.1) is 33.5 Å². The molecule has 1 atom stereocenters. The van der Waals surface area contributed by atoms with E-state index in [0.29, 0.717) is 16.5 Å². The van der Waals surface area contributed by atoms with E-state index in [0.717, 1.165) is 27.4 Å². The second kappa shape index (κ2) is 8.92. The number of halogens is 1. The van der Waals surface area contributed by atoms with Gasteiger partial charge >= 0.3 is 0 Å². The highest BCUT2D eigenvalue weighted by molar-refractivity contribution is 7.16. The van der Waals surface area contributed by atoms with E-state index in [9.17, 15) is 9.18 Å². The zero-order valence-electron chi connectivity index (χ0n) is 18.2. The van der Waals surface area contributed by atoms with E-state index in [1.807, 2.05) is 39.8 Å². The van der Waals surface area contributed by atoms with Crippen LogP contribution in [-0.4, -0.2) is 15.9 Å². The van der Waals surface area contributed by atoms with Crippen LogP contribution in [-0.2, 0) is 0 Å².